The zero-order chi connectivity index (χ0) is 15.1. The number of ether oxygens (including phenoxy) is 1. The first-order valence-electron chi connectivity index (χ1n) is 6.68. The van der Waals surface area contributed by atoms with Gasteiger partial charge in [-0.15, -0.1) is 0 Å². The number of carbonyl (C=O) groups excluding carboxylic acids is 1. The fourth-order valence-corrected chi connectivity index (χ4v) is 1.98. The summed E-state index contributed by atoms with van der Waals surface area (Å²) in [5.74, 6) is -0.126. The van der Waals surface area contributed by atoms with Crippen LogP contribution in [0, 0.1) is 5.92 Å². The molecule has 1 atom stereocenters. The molecule has 1 aromatic carbocycles. The van der Waals surface area contributed by atoms with Crippen molar-refractivity contribution in [2.45, 2.75) is 33.2 Å². The maximum atomic E-state index is 11.4. The van der Waals surface area contributed by atoms with Crippen LogP contribution in [0.1, 0.15) is 27.2 Å². The van der Waals surface area contributed by atoms with Crippen molar-refractivity contribution >= 4 is 18.1 Å². The molecule has 0 aliphatic rings. The lowest BCUT2D eigenvalue weighted by Gasteiger charge is -2.26. The Hall–Kier alpha value is -2.04. The van der Waals surface area contributed by atoms with E-state index in [-0.39, 0.29) is 5.92 Å². The smallest absolute Gasteiger partial charge is 0.326 e. The van der Waals surface area contributed by atoms with Gasteiger partial charge in [-0.05, 0) is 43.5 Å². The van der Waals surface area contributed by atoms with Gasteiger partial charge >= 0.3 is 5.97 Å². The van der Waals surface area contributed by atoms with Gasteiger partial charge in [0.1, 0.15) is 11.8 Å². The Morgan fingerprint density at radius 1 is 1.35 bits per heavy atom. The third-order valence-electron chi connectivity index (χ3n) is 2.87. The lowest BCUT2D eigenvalue weighted by atomic mass is 10.0. The van der Waals surface area contributed by atoms with Crippen LogP contribution in [0.25, 0.3) is 0 Å². The summed E-state index contributed by atoms with van der Waals surface area (Å²) in [4.78, 5) is 23.9. The Labute approximate surface area is 119 Å². The summed E-state index contributed by atoms with van der Waals surface area (Å²) in [7, 11) is 0. The Morgan fingerprint density at radius 3 is 2.35 bits per heavy atom. The number of hydrogen-bond acceptors (Lipinski definition) is 3. The van der Waals surface area contributed by atoms with Gasteiger partial charge in [0, 0.05) is 5.69 Å². The molecule has 0 spiro atoms. The van der Waals surface area contributed by atoms with Gasteiger partial charge in [0.2, 0.25) is 6.41 Å². The maximum Gasteiger partial charge on any atom is 0.326 e. The minimum absolute atomic E-state index is 0.182. The van der Waals surface area contributed by atoms with Crippen LogP contribution in [-0.4, -0.2) is 30.1 Å². The van der Waals surface area contributed by atoms with Gasteiger partial charge in [-0.1, -0.05) is 13.8 Å². The molecular weight excluding hydrogens is 258 g/mol. The van der Waals surface area contributed by atoms with Crippen LogP contribution in [0.4, 0.5) is 5.69 Å². The lowest BCUT2D eigenvalue weighted by Crippen LogP contribution is -2.41. The Balaban J connectivity index is 2.97. The molecule has 1 unspecified atom stereocenters. The highest BCUT2D eigenvalue weighted by molar-refractivity contribution is 5.88. The monoisotopic (exact) mass is 279 g/mol. The fraction of sp³-hybridized carbons (Fsp3) is 0.467. The van der Waals surface area contributed by atoms with Crippen molar-refractivity contribution in [2.75, 3.05) is 11.5 Å². The van der Waals surface area contributed by atoms with Crippen LogP contribution in [0.3, 0.4) is 0 Å². The SMILES string of the molecule is CCOc1ccc(N(C=O)C(CC(C)C)C(=O)O)cc1. The average molecular weight is 279 g/mol. The Morgan fingerprint density at radius 2 is 1.95 bits per heavy atom. The first-order chi connectivity index (χ1) is 9.49. The molecule has 0 saturated carbocycles. The first kappa shape index (κ1) is 16.0. The van der Waals surface area contributed by atoms with E-state index >= 15 is 0 Å². The van der Waals surface area contributed by atoms with E-state index in [1.165, 1.54) is 4.90 Å². The highest BCUT2D eigenvalue weighted by atomic mass is 16.5. The van der Waals surface area contributed by atoms with E-state index in [2.05, 4.69) is 0 Å². The number of aliphatic carboxylic acids is 1. The van der Waals surface area contributed by atoms with Crippen molar-refractivity contribution < 1.29 is 19.4 Å². The van der Waals surface area contributed by atoms with Gasteiger partial charge in [0.25, 0.3) is 0 Å². The predicted molar refractivity (Wildman–Crippen MR) is 77.0 cm³/mol. The molecule has 1 aromatic rings. The molecule has 0 radical (unpaired) electrons. The number of nitrogens with zero attached hydrogens (tertiary/aromatic N) is 1. The van der Waals surface area contributed by atoms with Crippen molar-refractivity contribution in [2.24, 2.45) is 5.92 Å². The first-order valence-corrected chi connectivity index (χ1v) is 6.68. The molecule has 5 heteroatoms. The second kappa shape index (κ2) is 7.53. The Kier molecular flexibility index (Phi) is 6.03. The van der Waals surface area contributed by atoms with Crippen LogP contribution >= 0.6 is 0 Å². The second-order valence-corrected chi connectivity index (χ2v) is 4.92. The van der Waals surface area contributed by atoms with E-state index in [9.17, 15) is 14.7 Å². The highest BCUT2D eigenvalue weighted by Crippen LogP contribution is 2.23. The van der Waals surface area contributed by atoms with Crippen molar-refractivity contribution in [3.05, 3.63) is 24.3 Å². The number of benzene rings is 1. The largest absolute Gasteiger partial charge is 0.494 e. The molecular formula is C15H21NO4. The minimum atomic E-state index is -1.00. The third kappa shape index (κ3) is 4.26. The molecule has 0 saturated heterocycles. The molecule has 0 aromatic heterocycles. The van der Waals surface area contributed by atoms with E-state index in [4.69, 9.17) is 4.74 Å². The highest BCUT2D eigenvalue weighted by Gasteiger charge is 2.26. The minimum Gasteiger partial charge on any atom is -0.494 e. The molecule has 20 heavy (non-hydrogen) atoms. The number of hydrogen-bond donors (Lipinski definition) is 1. The second-order valence-electron chi connectivity index (χ2n) is 4.92. The van der Waals surface area contributed by atoms with Gasteiger partial charge in [0.05, 0.1) is 6.61 Å². The number of carbonyl (C=O) groups is 2. The molecule has 1 N–H and O–H groups in total. The van der Waals surface area contributed by atoms with E-state index < -0.39 is 12.0 Å². The predicted octanol–water partition coefficient (Wildman–Crippen LogP) is 2.55. The number of carboxylic acids is 1. The van der Waals surface area contributed by atoms with Gasteiger partial charge in [-0.2, -0.15) is 0 Å². The lowest BCUT2D eigenvalue weighted by molar-refractivity contribution is -0.139. The number of anilines is 1. The molecule has 0 aliphatic heterocycles. The number of amides is 1. The summed E-state index contributed by atoms with van der Waals surface area (Å²) in [6, 6.07) is 5.98. The zero-order valence-electron chi connectivity index (χ0n) is 12.1. The molecule has 0 fully saturated rings. The van der Waals surface area contributed by atoms with Gasteiger partial charge in [0.15, 0.2) is 0 Å². The van der Waals surface area contributed by atoms with Crippen molar-refractivity contribution in [3.8, 4) is 5.75 Å². The summed E-state index contributed by atoms with van der Waals surface area (Å²) < 4.78 is 5.32. The van der Waals surface area contributed by atoms with E-state index in [1.807, 2.05) is 20.8 Å². The van der Waals surface area contributed by atoms with Crippen LogP contribution in [0.5, 0.6) is 5.75 Å². The van der Waals surface area contributed by atoms with Crippen molar-refractivity contribution in [3.63, 3.8) is 0 Å². The number of rotatable bonds is 8. The zero-order valence-corrected chi connectivity index (χ0v) is 12.1. The molecule has 1 amide bonds. The third-order valence-corrected chi connectivity index (χ3v) is 2.87. The van der Waals surface area contributed by atoms with Crippen molar-refractivity contribution in [1.82, 2.24) is 0 Å². The molecule has 0 aliphatic carbocycles. The summed E-state index contributed by atoms with van der Waals surface area (Å²) >= 11 is 0. The summed E-state index contributed by atoms with van der Waals surface area (Å²) in [5, 5.41) is 9.30. The standard InChI is InChI=1S/C15H21NO4/c1-4-20-13-7-5-12(6-8-13)16(10-17)14(15(18)19)9-11(2)3/h5-8,10-11,14H,4,9H2,1-3H3,(H,18,19). The molecule has 110 valence electrons. The van der Waals surface area contributed by atoms with E-state index in [0.717, 1.165) is 0 Å². The normalized spacial score (nSPS) is 12.0. The van der Waals surface area contributed by atoms with E-state index in [0.29, 0.717) is 30.9 Å². The van der Waals surface area contributed by atoms with Crippen LogP contribution < -0.4 is 9.64 Å². The van der Waals surface area contributed by atoms with Gasteiger partial charge in [-0.3, -0.25) is 4.79 Å². The molecule has 0 heterocycles. The number of carboxylic acid groups (broad SMARTS) is 1. The maximum absolute atomic E-state index is 11.4. The van der Waals surface area contributed by atoms with Crippen LogP contribution in [-0.2, 0) is 9.59 Å². The topological polar surface area (TPSA) is 66.8 Å². The molecule has 1 rings (SSSR count). The van der Waals surface area contributed by atoms with Gasteiger partial charge in [-0.25, -0.2) is 4.79 Å². The van der Waals surface area contributed by atoms with E-state index in [1.54, 1.807) is 24.3 Å². The molecule has 0 bridgehead atoms. The van der Waals surface area contributed by atoms with Gasteiger partial charge < -0.3 is 14.7 Å². The Bertz CT molecular complexity index is 442. The van der Waals surface area contributed by atoms with Crippen LogP contribution in [0.15, 0.2) is 24.3 Å². The summed E-state index contributed by atoms with van der Waals surface area (Å²) in [6.07, 6.45) is 0.970. The fourth-order valence-electron chi connectivity index (χ4n) is 1.98. The average Bonchev–Trinajstić information content (AvgIpc) is 2.40. The summed E-state index contributed by atoms with van der Waals surface area (Å²) in [5.41, 5.74) is 0.552. The quantitative estimate of drug-likeness (QED) is 0.743. The van der Waals surface area contributed by atoms with Crippen LogP contribution in [0.2, 0.25) is 0 Å². The van der Waals surface area contributed by atoms with Crippen molar-refractivity contribution in [1.29, 1.82) is 0 Å². The molecule has 5 nitrogen and oxygen atoms in total. The summed E-state index contributed by atoms with van der Waals surface area (Å²) in [6.45, 7) is 6.30.